The standard InChI is InChI=1S/C22H23IN4O2/c1-27-16-8-10-20(27)21(22(28)29-2)17(12-16)14-5-3-13(4-6-14)15-7-9-19(25-26-24)18(23)11-15/h3-7,9,11,16-17,20-21H,8,10,12H2,1-2H3/t16-,17+,20+,21-/m0/s1/i23-2. The lowest BCUT2D eigenvalue weighted by Crippen LogP contribution is -2.49. The second-order valence-corrected chi connectivity index (χ2v) is 8.99. The normalized spacial score (nSPS) is 26.0. The van der Waals surface area contributed by atoms with E-state index >= 15 is 0 Å². The summed E-state index contributed by atoms with van der Waals surface area (Å²) in [6.45, 7) is 0. The predicted molar refractivity (Wildman–Crippen MR) is 121 cm³/mol. The Labute approximate surface area is 184 Å². The van der Waals surface area contributed by atoms with Crippen molar-refractivity contribution < 1.29 is 9.53 Å². The van der Waals surface area contributed by atoms with Crippen molar-refractivity contribution in [2.45, 2.75) is 37.3 Å². The summed E-state index contributed by atoms with van der Waals surface area (Å²) in [6, 6.07) is 15.2. The minimum atomic E-state index is -0.112. The van der Waals surface area contributed by atoms with Crippen LogP contribution in [0.15, 0.2) is 47.6 Å². The minimum absolute atomic E-state index is 0.0977. The van der Waals surface area contributed by atoms with Crippen LogP contribution in [0.2, 0.25) is 0 Å². The van der Waals surface area contributed by atoms with Crippen molar-refractivity contribution in [2.24, 2.45) is 11.0 Å². The van der Waals surface area contributed by atoms with E-state index in [4.69, 9.17) is 10.3 Å². The van der Waals surface area contributed by atoms with Gasteiger partial charge < -0.3 is 4.74 Å². The molecule has 2 aliphatic rings. The summed E-state index contributed by atoms with van der Waals surface area (Å²) in [5.74, 6) is -0.0178. The van der Waals surface area contributed by atoms with E-state index in [-0.39, 0.29) is 23.8 Å². The maximum Gasteiger partial charge on any atom is 0.310 e. The van der Waals surface area contributed by atoms with Crippen LogP contribution in [-0.2, 0) is 9.53 Å². The van der Waals surface area contributed by atoms with E-state index in [1.54, 1.807) is 0 Å². The first-order valence-electron chi connectivity index (χ1n) is 9.78. The summed E-state index contributed by atoms with van der Waals surface area (Å²) in [5.41, 5.74) is 12.7. The minimum Gasteiger partial charge on any atom is -0.469 e. The average Bonchev–Trinajstić information content (AvgIpc) is 2.97. The number of ether oxygens (including phenoxy) is 1. The predicted octanol–water partition coefficient (Wildman–Crippen LogP) is 5.64. The molecule has 7 heteroatoms. The van der Waals surface area contributed by atoms with Gasteiger partial charge in [0.1, 0.15) is 0 Å². The van der Waals surface area contributed by atoms with Gasteiger partial charge in [0.05, 0.1) is 18.7 Å². The molecule has 0 saturated carbocycles. The highest BCUT2D eigenvalue weighted by Gasteiger charge is 2.49. The number of halogens is 1. The highest BCUT2D eigenvalue weighted by Crippen LogP contribution is 2.46. The van der Waals surface area contributed by atoms with Gasteiger partial charge in [0.2, 0.25) is 0 Å². The monoisotopic (exact) mass is 500 g/mol. The zero-order valence-electron chi connectivity index (χ0n) is 16.5. The van der Waals surface area contributed by atoms with Crippen molar-refractivity contribution in [1.29, 1.82) is 0 Å². The summed E-state index contributed by atoms with van der Waals surface area (Å²) in [6.07, 6.45) is 3.20. The second-order valence-electron chi connectivity index (χ2n) is 7.83. The van der Waals surface area contributed by atoms with E-state index in [1.165, 1.54) is 12.7 Å². The van der Waals surface area contributed by atoms with E-state index in [2.05, 4.69) is 68.8 Å². The summed E-state index contributed by atoms with van der Waals surface area (Å²) in [7, 11) is 3.63. The highest BCUT2D eigenvalue weighted by molar-refractivity contribution is 14.1. The lowest BCUT2D eigenvalue weighted by molar-refractivity contribution is -0.150. The van der Waals surface area contributed by atoms with Gasteiger partial charge >= 0.3 is 5.97 Å². The van der Waals surface area contributed by atoms with Crippen LogP contribution in [0.3, 0.4) is 0 Å². The number of hydrogen-bond acceptors (Lipinski definition) is 4. The van der Waals surface area contributed by atoms with Crippen molar-refractivity contribution in [3.63, 3.8) is 0 Å². The molecule has 2 aromatic rings. The molecular weight excluding hydrogens is 477 g/mol. The molecule has 2 saturated heterocycles. The molecule has 2 heterocycles. The van der Waals surface area contributed by atoms with E-state index in [0.717, 1.165) is 34.0 Å². The first kappa shape index (κ1) is 20.2. The van der Waals surface area contributed by atoms with Crippen molar-refractivity contribution in [3.8, 4) is 11.1 Å². The number of carbonyl (C=O) groups excluding carboxylic acids is 1. The zero-order chi connectivity index (χ0) is 20.5. The Morgan fingerprint density at radius 3 is 2.59 bits per heavy atom. The van der Waals surface area contributed by atoms with Crippen LogP contribution in [0.1, 0.15) is 30.7 Å². The topological polar surface area (TPSA) is 78.3 Å². The van der Waals surface area contributed by atoms with Gasteiger partial charge in [-0.05, 0) is 77.2 Å². The smallest absolute Gasteiger partial charge is 0.310 e. The Kier molecular flexibility index (Phi) is 5.81. The zero-order valence-corrected chi connectivity index (χ0v) is 18.6. The average molecular weight is 500 g/mol. The second kappa shape index (κ2) is 8.34. The number of nitrogens with zero attached hydrogens (tertiary/aromatic N) is 4. The van der Waals surface area contributed by atoms with Crippen LogP contribution in [0, 0.1) is 9.49 Å². The third-order valence-corrected chi connectivity index (χ3v) is 7.38. The summed E-state index contributed by atoms with van der Waals surface area (Å²) in [4.78, 5) is 17.8. The molecule has 6 nitrogen and oxygen atoms in total. The van der Waals surface area contributed by atoms with Crippen LogP contribution >= 0.6 is 22.6 Å². The number of hydrogen-bond donors (Lipinski definition) is 0. The van der Waals surface area contributed by atoms with Crippen LogP contribution in [-0.4, -0.2) is 37.1 Å². The van der Waals surface area contributed by atoms with Gasteiger partial charge in [0.25, 0.3) is 0 Å². The van der Waals surface area contributed by atoms with Crippen molar-refractivity contribution in [2.75, 3.05) is 14.2 Å². The summed E-state index contributed by atoms with van der Waals surface area (Å²) in [5, 5.41) is 3.70. The fraction of sp³-hybridized carbons (Fsp3) is 0.409. The summed E-state index contributed by atoms with van der Waals surface area (Å²) < 4.78 is 6.09. The Bertz CT molecular complexity index is 971. The number of rotatable bonds is 4. The molecule has 150 valence electrons. The summed E-state index contributed by atoms with van der Waals surface area (Å²) >= 11 is 2.18. The SMILES string of the molecule is COC(=O)[C@H]1[C@@H](c2ccc(-c3ccc(N=[N+]=[N-])c([125I])c3)cc2)C[C@@H]2CC[C@H]1N2C. The Morgan fingerprint density at radius 1 is 1.21 bits per heavy atom. The van der Waals surface area contributed by atoms with E-state index in [9.17, 15) is 4.79 Å². The molecule has 4 rings (SSSR count). The molecule has 0 aliphatic carbocycles. The van der Waals surface area contributed by atoms with Crippen LogP contribution in [0.25, 0.3) is 21.6 Å². The molecule has 2 aromatic carbocycles. The Balaban J connectivity index is 1.62. The first-order chi connectivity index (χ1) is 14.0. The Hall–Kier alpha value is -2.09. The van der Waals surface area contributed by atoms with Gasteiger partial charge in [0, 0.05) is 26.5 Å². The van der Waals surface area contributed by atoms with E-state index in [0.29, 0.717) is 11.7 Å². The third kappa shape index (κ3) is 3.74. The van der Waals surface area contributed by atoms with Gasteiger partial charge in [-0.3, -0.25) is 9.69 Å². The molecule has 0 spiro atoms. The van der Waals surface area contributed by atoms with Crippen LogP contribution in [0.5, 0.6) is 0 Å². The number of esters is 1. The molecule has 0 aromatic heterocycles. The Morgan fingerprint density at radius 2 is 1.93 bits per heavy atom. The quantitative estimate of drug-likeness (QED) is 0.179. The number of piperidine rings is 1. The van der Waals surface area contributed by atoms with Crippen LogP contribution in [0.4, 0.5) is 5.69 Å². The molecular formula is C22H23IN4O2. The lowest BCUT2D eigenvalue weighted by Gasteiger charge is -2.41. The fourth-order valence-electron chi connectivity index (χ4n) is 5.01. The third-order valence-electron chi connectivity index (χ3n) is 6.51. The van der Waals surface area contributed by atoms with Gasteiger partial charge in [-0.1, -0.05) is 41.5 Å². The molecule has 0 amide bonds. The first-order valence-corrected chi connectivity index (χ1v) is 10.9. The number of carbonyl (C=O) groups is 1. The van der Waals surface area contributed by atoms with Crippen molar-refractivity contribution in [3.05, 3.63) is 62.0 Å². The van der Waals surface area contributed by atoms with Crippen LogP contribution < -0.4 is 0 Å². The molecule has 2 fully saturated rings. The van der Waals surface area contributed by atoms with Crippen molar-refractivity contribution >= 4 is 34.2 Å². The number of fused-ring (bicyclic) bond motifs is 2. The fourth-order valence-corrected chi connectivity index (χ4v) is 5.63. The van der Waals surface area contributed by atoms with Crippen molar-refractivity contribution in [1.82, 2.24) is 4.90 Å². The molecule has 4 atom stereocenters. The highest BCUT2D eigenvalue weighted by atomic mass is 125. The van der Waals surface area contributed by atoms with Gasteiger partial charge in [0.15, 0.2) is 0 Å². The molecule has 2 aliphatic heterocycles. The van der Waals surface area contributed by atoms with Gasteiger partial charge in [-0.2, -0.15) is 0 Å². The largest absolute Gasteiger partial charge is 0.469 e. The lowest BCUT2D eigenvalue weighted by atomic mass is 9.76. The van der Waals surface area contributed by atoms with E-state index in [1.807, 2.05) is 18.2 Å². The number of methoxy groups -OCH3 is 1. The molecule has 29 heavy (non-hydrogen) atoms. The number of azide groups is 1. The molecule has 0 radical (unpaired) electrons. The maximum atomic E-state index is 12.6. The number of benzene rings is 2. The molecule has 0 N–H and O–H groups in total. The molecule has 0 unspecified atom stereocenters. The van der Waals surface area contributed by atoms with E-state index < -0.39 is 0 Å². The van der Waals surface area contributed by atoms with Gasteiger partial charge in [-0.25, -0.2) is 0 Å². The van der Waals surface area contributed by atoms with Gasteiger partial charge in [-0.15, -0.1) is 0 Å². The molecule has 2 bridgehead atoms. The maximum absolute atomic E-state index is 12.6.